The molecular weight excluding hydrogens is 375 g/mol. The summed E-state index contributed by atoms with van der Waals surface area (Å²) >= 11 is 2.08. The van der Waals surface area contributed by atoms with Gasteiger partial charge in [0.25, 0.3) is 5.91 Å². The van der Waals surface area contributed by atoms with Gasteiger partial charge in [0.15, 0.2) is 5.75 Å². The van der Waals surface area contributed by atoms with Crippen molar-refractivity contribution < 1.29 is 14.8 Å². The van der Waals surface area contributed by atoms with Gasteiger partial charge >= 0.3 is 5.69 Å². The van der Waals surface area contributed by atoms with E-state index in [9.17, 15) is 20.0 Å². The quantitative estimate of drug-likeness (QED) is 0.483. The van der Waals surface area contributed by atoms with Gasteiger partial charge in [0.1, 0.15) is 0 Å². The maximum atomic E-state index is 12.0. The van der Waals surface area contributed by atoms with E-state index in [4.69, 9.17) is 0 Å². The smallest absolute Gasteiger partial charge is 0.310 e. The number of aromatic hydroxyl groups is 1. The van der Waals surface area contributed by atoms with Crippen molar-refractivity contribution in [2.24, 2.45) is 0 Å². The van der Waals surface area contributed by atoms with Crippen molar-refractivity contribution >= 4 is 39.9 Å². The van der Waals surface area contributed by atoms with Crippen LogP contribution in [0.1, 0.15) is 10.4 Å². The lowest BCUT2D eigenvalue weighted by Crippen LogP contribution is -2.12. The van der Waals surface area contributed by atoms with Crippen molar-refractivity contribution in [3.05, 3.63) is 61.7 Å². The number of nitrogens with zero attached hydrogens (tertiary/aromatic N) is 1. The number of benzene rings is 2. The summed E-state index contributed by atoms with van der Waals surface area (Å²) in [5, 5.41) is 22.8. The van der Waals surface area contributed by atoms with Crippen molar-refractivity contribution in [1.29, 1.82) is 0 Å². The average Bonchev–Trinajstić information content (AvgIpc) is 2.40. The van der Waals surface area contributed by atoms with Crippen LogP contribution >= 0.6 is 22.6 Å². The molecule has 0 saturated carbocycles. The number of hydrogen-bond acceptors (Lipinski definition) is 4. The largest absolute Gasteiger partial charge is 0.502 e. The maximum Gasteiger partial charge on any atom is 0.310 e. The van der Waals surface area contributed by atoms with Gasteiger partial charge in [-0.3, -0.25) is 14.9 Å². The van der Waals surface area contributed by atoms with Crippen LogP contribution in [0.15, 0.2) is 42.5 Å². The molecule has 2 N–H and O–H groups in total. The number of para-hydroxylation sites is 1. The van der Waals surface area contributed by atoms with Gasteiger partial charge in [0.05, 0.1) is 10.6 Å². The fraction of sp³-hybridized carbons (Fsp3) is 0. The highest BCUT2D eigenvalue weighted by Crippen LogP contribution is 2.27. The molecule has 20 heavy (non-hydrogen) atoms. The van der Waals surface area contributed by atoms with Crippen LogP contribution in [-0.4, -0.2) is 15.9 Å². The molecule has 0 aliphatic rings. The Morgan fingerprint density at radius 3 is 2.55 bits per heavy atom. The fourth-order valence-electron chi connectivity index (χ4n) is 1.58. The molecule has 6 nitrogen and oxygen atoms in total. The molecule has 2 rings (SSSR count). The number of rotatable bonds is 3. The molecule has 7 heteroatoms. The highest BCUT2D eigenvalue weighted by Gasteiger charge is 2.16. The molecule has 2 aromatic carbocycles. The normalized spacial score (nSPS) is 10.1. The monoisotopic (exact) mass is 384 g/mol. The number of carbonyl (C=O) groups is 1. The van der Waals surface area contributed by atoms with Crippen molar-refractivity contribution in [3.63, 3.8) is 0 Å². The number of hydrogen-bond donors (Lipinski definition) is 2. The molecule has 1 amide bonds. The number of nitro benzene ring substituents is 1. The first kappa shape index (κ1) is 14.3. The molecule has 0 radical (unpaired) electrons. The Hall–Kier alpha value is -2.16. The zero-order valence-electron chi connectivity index (χ0n) is 10.0. The molecular formula is C13H9IN2O4. The first-order chi connectivity index (χ1) is 9.49. The van der Waals surface area contributed by atoms with Crippen LogP contribution in [0.2, 0.25) is 0 Å². The van der Waals surface area contributed by atoms with E-state index in [-0.39, 0.29) is 5.56 Å². The third kappa shape index (κ3) is 3.05. The number of amides is 1. The SMILES string of the molecule is O=C(Nc1ccccc1I)c1ccc([N+](=O)[O-])c(O)c1. The molecule has 0 unspecified atom stereocenters. The van der Waals surface area contributed by atoms with Gasteiger partial charge in [-0.25, -0.2) is 0 Å². The van der Waals surface area contributed by atoms with E-state index < -0.39 is 22.3 Å². The standard InChI is InChI=1S/C13H9IN2O4/c14-9-3-1-2-4-10(9)15-13(18)8-5-6-11(16(19)20)12(17)7-8/h1-7,17H,(H,15,18). The number of carbonyl (C=O) groups excluding carboxylic acids is 1. The van der Waals surface area contributed by atoms with Crippen LogP contribution < -0.4 is 5.32 Å². The fourth-order valence-corrected chi connectivity index (χ4v) is 2.10. The number of halogens is 1. The Kier molecular flexibility index (Phi) is 4.18. The summed E-state index contributed by atoms with van der Waals surface area (Å²) in [6.07, 6.45) is 0. The van der Waals surface area contributed by atoms with Crippen molar-refractivity contribution in [3.8, 4) is 5.75 Å². The van der Waals surface area contributed by atoms with Gasteiger partial charge in [0.2, 0.25) is 0 Å². The van der Waals surface area contributed by atoms with Gasteiger partial charge in [-0.05, 0) is 46.9 Å². The minimum Gasteiger partial charge on any atom is -0.502 e. The predicted molar refractivity (Wildman–Crippen MR) is 81.9 cm³/mol. The van der Waals surface area contributed by atoms with Crippen molar-refractivity contribution in [1.82, 2.24) is 0 Å². The molecule has 0 heterocycles. The first-order valence-electron chi connectivity index (χ1n) is 5.52. The number of anilines is 1. The predicted octanol–water partition coefficient (Wildman–Crippen LogP) is 3.16. The molecule has 0 aromatic heterocycles. The van der Waals surface area contributed by atoms with E-state index in [1.54, 1.807) is 12.1 Å². The van der Waals surface area contributed by atoms with Gasteiger partial charge in [-0.2, -0.15) is 0 Å². The molecule has 0 aliphatic heterocycles. The topological polar surface area (TPSA) is 92.5 Å². The molecule has 0 bridgehead atoms. The Labute approximate surface area is 127 Å². The zero-order chi connectivity index (χ0) is 14.7. The van der Waals surface area contributed by atoms with E-state index >= 15 is 0 Å². The Morgan fingerprint density at radius 1 is 1.25 bits per heavy atom. The van der Waals surface area contributed by atoms with Crippen LogP contribution in [0.5, 0.6) is 5.75 Å². The number of phenols is 1. The molecule has 0 fully saturated rings. The van der Waals surface area contributed by atoms with E-state index in [2.05, 4.69) is 27.9 Å². The molecule has 0 aliphatic carbocycles. The van der Waals surface area contributed by atoms with Crippen LogP contribution in [0.4, 0.5) is 11.4 Å². The summed E-state index contributed by atoms with van der Waals surface area (Å²) in [6, 6.07) is 10.7. The third-order valence-corrected chi connectivity index (χ3v) is 3.50. The van der Waals surface area contributed by atoms with Gasteiger partial charge in [0, 0.05) is 15.2 Å². The van der Waals surface area contributed by atoms with Crippen LogP contribution in [-0.2, 0) is 0 Å². The summed E-state index contributed by atoms with van der Waals surface area (Å²) in [7, 11) is 0. The summed E-state index contributed by atoms with van der Waals surface area (Å²) in [5.41, 5.74) is 0.347. The lowest BCUT2D eigenvalue weighted by Gasteiger charge is -2.07. The zero-order valence-corrected chi connectivity index (χ0v) is 12.2. The third-order valence-electron chi connectivity index (χ3n) is 2.56. The van der Waals surface area contributed by atoms with Crippen molar-refractivity contribution in [2.45, 2.75) is 0 Å². The van der Waals surface area contributed by atoms with E-state index in [0.29, 0.717) is 5.69 Å². The van der Waals surface area contributed by atoms with Gasteiger partial charge in [-0.1, -0.05) is 12.1 Å². The van der Waals surface area contributed by atoms with E-state index in [0.717, 1.165) is 15.7 Å². The Morgan fingerprint density at radius 2 is 1.95 bits per heavy atom. The van der Waals surface area contributed by atoms with E-state index in [1.165, 1.54) is 6.07 Å². The molecule has 0 spiro atoms. The lowest BCUT2D eigenvalue weighted by atomic mass is 10.1. The molecule has 102 valence electrons. The Balaban J connectivity index is 2.24. The van der Waals surface area contributed by atoms with Crippen LogP contribution in [0.3, 0.4) is 0 Å². The summed E-state index contributed by atoms with van der Waals surface area (Å²) < 4.78 is 0.865. The summed E-state index contributed by atoms with van der Waals surface area (Å²) in [6.45, 7) is 0. The first-order valence-corrected chi connectivity index (χ1v) is 6.60. The minimum atomic E-state index is -0.711. The minimum absolute atomic E-state index is 0.146. The second kappa shape index (κ2) is 5.87. The van der Waals surface area contributed by atoms with Gasteiger partial charge in [-0.15, -0.1) is 0 Å². The summed E-state index contributed by atoms with van der Waals surface area (Å²) in [4.78, 5) is 21.9. The summed E-state index contributed by atoms with van der Waals surface area (Å²) in [5.74, 6) is -0.982. The lowest BCUT2D eigenvalue weighted by molar-refractivity contribution is -0.385. The second-order valence-corrected chi connectivity index (χ2v) is 5.06. The highest BCUT2D eigenvalue weighted by atomic mass is 127. The number of nitrogens with one attached hydrogen (secondary N) is 1. The highest BCUT2D eigenvalue weighted by molar-refractivity contribution is 14.1. The van der Waals surface area contributed by atoms with Crippen LogP contribution in [0, 0.1) is 13.7 Å². The maximum absolute atomic E-state index is 12.0. The average molecular weight is 384 g/mol. The second-order valence-electron chi connectivity index (χ2n) is 3.89. The van der Waals surface area contributed by atoms with Crippen LogP contribution in [0.25, 0.3) is 0 Å². The number of nitro groups is 1. The molecule has 0 atom stereocenters. The molecule has 2 aromatic rings. The van der Waals surface area contributed by atoms with Gasteiger partial charge < -0.3 is 10.4 Å². The number of phenolic OH excluding ortho intramolecular Hbond substituents is 1. The Bertz CT molecular complexity index is 688. The van der Waals surface area contributed by atoms with Crippen molar-refractivity contribution in [2.75, 3.05) is 5.32 Å². The van der Waals surface area contributed by atoms with E-state index in [1.807, 2.05) is 12.1 Å². The molecule has 0 saturated heterocycles.